The maximum absolute atomic E-state index is 11.7. The largest absolute Gasteiger partial charge is 0.489 e. The molecule has 5 nitrogen and oxygen atoms in total. The van der Waals surface area contributed by atoms with Crippen molar-refractivity contribution in [1.82, 2.24) is 0 Å². The van der Waals surface area contributed by atoms with Crippen LogP contribution in [0.15, 0.2) is 42.5 Å². The highest BCUT2D eigenvalue weighted by Crippen LogP contribution is 2.39. The molecule has 0 saturated heterocycles. The average molecular weight is 615 g/mol. The molecule has 0 spiro atoms. The van der Waals surface area contributed by atoms with Gasteiger partial charge >= 0.3 is 5.97 Å². The molecule has 0 fully saturated rings. The van der Waals surface area contributed by atoms with E-state index in [9.17, 15) is 4.79 Å². The molecule has 0 heterocycles. The van der Waals surface area contributed by atoms with E-state index in [4.69, 9.17) is 18.3 Å². The van der Waals surface area contributed by atoms with Crippen molar-refractivity contribution in [3.63, 3.8) is 0 Å². The zero-order valence-electron chi connectivity index (χ0n) is 28.6. The van der Waals surface area contributed by atoms with Crippen molar-refractivity contribution in [1.29, 1.82) is 0 Å². The third-order valence-corrected chi connectivity index (χ3v) is 18.2. The molecule has 2 aromatic carbocycles. The van der Waals surface area contributed by atoms with Gasteiger partial charge < -0.3 is 18.3 Å². The lowest BCUT2D eigenvalue weighted by Gasteiger charge is -2.37. The van der Waals surface area contributed by atoms with Crippen LogP contribution >= 0.6 is 0 Å². The highest BCUT2D eigenvalue weighted by atomic mass is 28.4. The lowest BCUT2D eigenvalue weighted by Crippen LogP contribution is -2.41. The van der Waals surface area contributed by atoms with Gasteiger partial charge in [-0.3, -0.25) is 4.79 Å². The highest BCUT2D eigenvalue weighted by molar-refractivity contribution is 6.74. The van der Waals surface area contributed by atoms with Gasteiger partial charge in [-0.25, -0.2) is 0 Å². The van der Waals surface area contributed by atoms with Crippen molar-refractivity contribution in [2.75, 3.05) is 6.61 Å². The molecular weight excluding hydrogens is 557 g/mol. The van der Waals surface area contributed by atoms with Crippen LogP contribution in [0.3, 0.4) is 0 Å². The third kappa shape index (κ3) is 11.0. The predicted molar refractivity (Wildman–Crippen MR) is 180 cm³/mol. The van der Waals surface area contributed by atoms with Crippen LogP contribution in [0.4, 0.5) is 0 Å². The molecule has 0 aliphatic rings. The molecule has 7 heteroatoms. The fourth-order valence-electron chi connectivity index (χ4n) is 4.03. The minimum atomic E-state index is -1.92. The minimum Gasteiger partial charge on any atom is -0.489 e. The van der Waals surface area contributed by atoms with Crippen molar-refractivity contribution < 1.29 is 23.1 Å². The summed E-state index contributed by atoms with van der Waals surface area (Å²) in [5, 5.41) is 0.292. The maximum atomic E-state index is 11.7. The summed E-state index contributed by atoms with van der Waals surface area (Å²) in [6.07, 6.45) is 2.24. The Morgan fingerprint density at radius 2 is 1.40 bits per heavy atom. The van der Waals surface area contributed by atoms with Crippen LogP contribution in [0.1, 0.15) is 103 Å². The summed E-state index contributed by atoms with van der Waals surface area (Å²) in [6, 6.07) is 14.9. The van der Waals surface area contributed by atoms with Crippen LogP contribution < -0.4 is 4.74 Å². The van der Waals surface area contributed by atoms with Gasteiger partial charge in [0.05, 0.1) is 19.8 Å². The van der Waals surface area contributed by atoms with E-state index in [1.807, 2.05) is 6.92 Å². The quantitative estimate of drug-likeness (QED) is 0.148. The molecule has 1 unspecified atom stereocenters. The second-order valence-electron chi connectivity index (χ2n) is 14.7. The van der Waals surface area contributed by atoms with E-state index in [0.29, 0.717) is 38.8 Å². The second kappa shape index (κ2) is 15.2. The molecule has 2 aromatic rings. The first kappa shape index (κ1) is 36.3. The average Bonchev–Trinajstić information content (AvgIpc) is 2.89. The first-order chi connectivity index (χ1) is 19.4. The maximum Gasteiger partial charge on any atom is 0.305 e. The lowest BCUT2D eigenvalue weighted by atomic mass is 9.94. The number of carbonyl (C=O) groups excluding carboxylic acids is 1. The summed E-state index contributed by atoms with van der Waals surface area (Å²) in [5.41, 5.74) is 4.71. The Hall–Kier alpha value is -1.94. The van der Waals surface area contributed by atoms with Gasteiger partial charge in [0, 0.05) is 6.42 Å². The summed E-state index contributed by atoms with van der Waals surface area (Å²) in [6.45, 7) is 29.0. The molecule has 0 radical (unpaired) electrons. The normalized spacial score (nSPS) is 13.6. The van der Waals surface area contributed by atoms with Crippen molar-refractivity contribution in [3.05, 3.63) is 64.7 Å². The first-order valence-corrected chi connectivity index (χ1v) is 21.4. The number of ether oxygens (including phenoxy) is 2. The van der Waals surface area contributed by atoms with E-state index in [-0.39, 0.29) is 16.0 Å². The number of benzene rings is 2. The Bertz CT molecular complexity index is 1140. The van der Waals surface area contributed by atoms with Crippen LogP contribution in [0.25, 0.3) is 0 Å². The summed E-state index contributed by atoms with van der Waals surface area (Å²) in [5.74, 6) is 1.09. The van der Waals surface area contributed by atoms with Crippen molar-refractivity contribution in [2.24, 2.45) is 0 Å². The van der Waals surface area contributed by atoms with Crippen LogP contribution in [0, 0.1) is 0 Å². The fraction of sp³-hybridized carbons (Fsp3) is 0.629. The number of hydrogen-bond acceptors (Lipinski definition) is 5. The molecule has 0 saturated carbocycles. The van der Waals surface area contributed by atoms with Gasteiger partial charge in [-0.2, -0.15) is 0 Å². The summed E-state index contributed by atoms with van der Waals surface area (Å²) < 4.78 is 24.6. The first-order valence-electron chi connectivity index (χ1n) is 15.6. The van der Waals surface area contributed by atoms with Gasteiger partial charge in [-0.05, 0) is 96.3 Å². The van der Waals surface area contributed by atoms with E-state index in [1.165, 1.54) is 11.1 Å². The lowest BCUT2D eigenvalue weighted by molar-refractivity contribution is -0.143. The minimum absolute atomic E-state index is 0.112. The molecule has 0 amide bonds. The van der Waals surface area contributed by atoms with E-state index >= 15 is 0 Å². The van der Waals surface area contributed by atoms with Gasteiger partial charge in [-0.1, -0.05) is 78.8 Å². The zero-order chi connectivity index (χ0) is 31.8. The third-order valence-electron chi connectivity index (χ3n) is 9.22. The second-order valence-corrected chi connectivity index (χ2v) is 24.3. The number of carbonyl (C=O) groups is 1. The van der Waals surface area contributed by atoms with Crippen LogP contribution in [0.5, 0.6) is 5.75 Å². The molecule has 42 heavy (non-hydrogen) atoms. The number of esters is 1. The smallest absolute Gasteiger partial charge is 0.305 e. The van der Waals surface area contributed by atoms with Gasteiger partial charge in [0.15, 0.2) is 16.6 Å². The molecule has 236 valence electrons. The van der Waals surface area contributed by atoms with Crippen molar-refractivity contribution in [2.45, 2.75) is 137 Å². The standard InChI is InChI=1S/C35H58O5Si2/c1-13-37-33(36)19-14-16-27(2)29-18-15-17-28(22-29)24-38-32-21-20-30(25-39-41(9,10)34(3,4)5)31(23-32)26-40-42(11,12)35(6,7)8/h15,17-18,20-23,27H,13-14,16,19,24-26H2,1-12H3. The molecule has 0 aliphatic heterocycles. The fourth-order valence-corrected chi connectivity index (χ4v) is 5.92. The molecular formula is C35H58O5Si2. The predicted octanol–water partition coefficient (Wildman–Crippen LogP) is 10.1. The summed E-state index contributed by atoms with van der Waals surface area (Å²) in [4.78, 5) is 11.7. The van der Waals surface area contributed by atoms with E-state index in [1.54, 1.807) is 0 Å². The van der Waals surface area contributed by atoms with Crippen LogP contribution in [-0.4, -0.2) is 29.2 Å². The van der Waals surface area contributed by atoms with Gasteiger partial charge in [0.25, 0.3) is 0 Å². The van der Waals surface area contributed by atoms with Crippen LogP contribution in [-0.2, 0) is 38.2 Å². The Kier molecular flexibility index (Phi) is 13.1. The molecule has 1 atom stereocenters. The zero-order valence-corrected chi connectivity index (χ0v) is 30.6. The number of rotatable bonds is 15. The Labute approximate surface area is 259 Å². The van der Waals surface area contributed by atoms with E-state index < -0.39 is 16.6 Å². The Morgan fingerprint density at radius 3 is 1.98 bits per heavy atom. The Balaban J connectivity index is 2.16. The SMILES string of the molecule is CCOC(=O)CCCC(C)c1cccc(COc2ccc(CO[Si](C)(C)C(C)(C)C)c(CO[Si](C)(C)C(C)(C)C)c2)c1. The monoisotopic (exact) mass is 614 g/mol. The molecule has 0 aromatic heterocycles. The number of hydrogen-bond donors (Lipinski definition) is 0. The highest BCUT2D eigenvalue weighted by Gasteiger charge is 2.38. The summed E-state index contributed by atoms with van der Waals surface area (Å²) in [7, 11) is -3.82. The van der Waals surface area contributed by atoms with Gasteiger partial charge in [-0.15, -0.1) is 0 Å². The molecule has 2 rings (SSSR count). The van der Waals surface area contributed by atoms with Crippen molar-refractivity contribution >= 4 is 22.6 Å². The van der Waals surface area contributed by atoms with E-state index in [2.05, 4.69) is 117 Å². The van der Waals surface area contributed by atoms with Crippen LogP contribution in [0.2, 0.25) is 36.3 Å². The summed E-state index contributed by atoms with van der Waals surface area (Å²) >= 11 is 0. The topological polar surface area (TPSA) is 54.0 Å². The molecule has 0 aliphatic carbocycles. The molecule has 0 N–H and O–H groups in total. The van der Waals surface area contributed by atoms with E-state index in [0.717, 1.165) is 29.7 Å². The molecule has 0 bridgehead atoms. The van der Waals surface area contributed by atoms with Crippen molar-refractivity contribution in [3.8, 4) is 5.75 Å². The Morgan fingerprint density at radius 1 is 0.810 bits per heavy atom. The van der Waals surface area contributed by atoms with Gasteiger partial charge in [0.2, 0.25) is 0 Å². The van der Waals surface area contributed by atoms with Gasteiger partial charge in [0.1, 0.15) is 12.4 Å².